The Morgan fingerprint density at radius 2 is 2.29 bits per heavy atom. The molecule has 2 N–H and O–H groups in total. The van der Waals surface area contributed by atoms with Gasteiger partial charge in [-0.25, -0.2) is 0 Å². The van der Waals surface area contributed by atoms with Crippen LogP contribution in [0.2, 0.25) is 0 Å². The zero-order valence-corrected chi connectivity index (χ0v) is 12.1. The van der Waals surface area contributed by atoms with Crippen molar-refractivity contribution in [1.29, 1.82) is 0 Å². The summed E-state index contributed by atoms with van der Waals surface area (Å²) in [5.74, 6) is 1.60. The minimum Gasteiger partial charge on any atom is -0.497 e. The molecule has 0 spiro atoms. The zero-order chi connectivity index (χ0) is 14.8. The van der Waals surface area contributed by atoms with E-state index in [9.17, 15) is 4.79 Å². The van der Waals surface area contributed by atoms with Crippen LogP contribution in [0.3, 0.4) is 0 Å². The second-order valence-electron chi connectivity index (χ2n) is 5.15. The van der Waals surface area contributed by atoms with E-state index in [1.807, 2.05) is 30.3 Å². The maximum absolute atomic E-state index is 11.5. The first-order valence-corrected chi connectivity index (χ1v) is 6.92. The molecule has 3 rings (SSSR count). The Labute approximate surface area is 123 Å². The highest BCUT2D eigenvalue weighted by atomic mass is 16.5. The number of rotatable bonds is 3. The maximum Gasteiger partial charge on any atom is 0.217 e. The molecular weight excluding hydrogens is 268 g/mol. The van der Waals surface area contributed by atoms with Gasteiger partial charge in [0.05, 0.1) is 25.5 Å². The maximum atomic E-state index is 11.5. The molecule has 21 heavy (non-hydrogen) atoms. The van der Waals surface area contributed by atoms with E-state index in [1.165, 1.54) is 6.92 Å². The monoisotopic (exact) mass is 286 g/mol. The summed E-state index contributed by atoms with van der Waals surface area (Å²) in [5.41, 5.74) is 2.02. The van der Waals surface area contributed by atoms with Gasteiger partial charge in [0.1, 0.15) is 11.5 Å². The van der Waals surface area contributed by atoms with Crippen LogP contribution in [0.15, 0.2) is 41.0 Å². The predicted molar refractivity (Wildman–Crippen MR) is 79.2 cm³/mol. The van der Waals surface area contributed by atoms with E-state index >= 15 is 0 Å². The molecular formula is C16H18N2O3. The van der Waals surface area contributed by atoms with E-state index in [4.69, 9.17) is 9.15 Å². The summed E-state index contributed by atoms with van der Waals surface area (Å²) in [7, 11) is 1.64. The second kappa shape index (κ2) is 5.52. The molecule has 0 saturated carbocycles. The largest absolute Gasteiger partial charge is 0.497 e. The van der Waals surface area contributed by atoms with Crippen LogP contribution in [0, 0.1) is 0 Å². The van der Waals surface area contributed by atoms with Crippen LogP contribution in [0.5, 0.6) is 5.75 Å². The van der Waals surface area contributed by atoms with Gasteiger partial charge >= 0.3 is 0 Å². The van der Waals surface area contributed by atoms with E-state index in [-0.39, 0.29) is 18.0 Å². The standard InChI is InChI=1S/C16H18N2O3/c1-10(19)17-14-9-15(16-4-3-7-21-16)18-13-6-5-11(20-2)8-12(13)14/h3-8,14-15,18H,9H2,1-2H3,(H,17,19). The Hall–Kier alpha value is -2.43. The Balaban J connectivity index is 1.96. The first kappa shape index (κ1) is 13.5. The molecule has 0 fully saturated rings. The normalized spacial score (nSPS) is 20.3. The number of fused-ring (bicyclic) bond motifs is 1. The molecule has 1 aliphatic heterocycles. The van der Waals surface area contributed by atoms with E-state index in [2.05, 4.69) is 10.6 Å². The van der Waals surface area contributed by atoms with Gasteiger partial charge in [-0.1, -0.05) is 0 Å². The molecule has 0 bridgehead atoms. The summed E-state index contributed by atoms with van der Waals surface area (Å²) in [6, 6.07) is 9.62. The van der Waals surface area contributed by atoms with Gasteiger partial charge in [-0.05, 0) is 36.8 Å². The highest BCUT2D eigenvalue weighted by Gasteiger charge is 2.29. The van der Waals surface area contributed by atoms with Crippen molar-refractivity contribution in [2.75, 3.05) is 12.4 Å². The molecule has 5 heteroatoms. The third-order valence-electron chi connectivity index (χ3n) is 3.70. The fraction of sp³-hybridized carbons (Fsp3) is 0.312. The number of nitrogens with one attached hydrogen (secondary N) is 2. The quantitative estimate of drug-likeness (QED) is 0.910. The number of benzene rings is 1. The summed E-state index contributed by atoms with van der Waals surface area (Å²) < 4.78 is 10.8. The first-order chi connectivity index (χ1) is 10.2. The van der Waals surface area contributed by atoms with Gasteiger partial charge in [-0.2, -0.15) is 0 Å². The Kier molecular flexibility index (Phi) is 3.56. The first-order valence-electron chi connectivity index (χ1n) is 6.92. The number of methoxy groups -OCH3 is 1. The van der Waals surface area contributed by atoms with Gasteiger partial charge in [0.2, 0.25) is 5.91 Å². The summed E-state index contributed by atoms with van der Waals surface area (Å²) in [4.78, 5) is 11.5. The van der Waals surface area contributed by atoms with Crippen molar-refractivity contribution in [2.45, 2.75) is 25.4 Å². The molecule has 2 atom stereocenters. The average Bonchev–Trinajstić information content (AvgIpc) is 3.00. The molecule has 2 unspecified atom stereocenters. The van der Waals surface area contributed by atoms with Gasteiger partial charge in [-0.3, -0.25) is 4.79 Å². The van der Waals surface area contributed by atoms with E-state index in [0.717, 1.165) is 29.2 Å². The van der Waals surface area contributed by atoms with Crippen LogP contribution in [-0.4, -0.2) is 13.0 Å². The van der Waals surface area contributed by atoms with Gasteiger partial charge < -0.3 is 19.8 Å². The Morgan fingerprint density at radius 3 is 2.95 bits per heavy atom. The number of carbonyl (C=O) groups excluding carboxylic acids is 1. The lowest BCUT2D eigenvalue weighted by atomic mass is 9.91. The summed E-state index contributed by atoms with van der Waals surface area (Å²) >= 11 is 0. The molecule has 1 aliphatic rings. The smallest absolute Gasteiger partial charge is 0.217 e. The topological polar surface area (TPSA) is 63.5 Å². The average molecular weight is 286 g/mol. The molecule has 1 amide bonds. The van der Waals surface area contributed by atoms with Crippen molar-refractivity contribution >= 4 is 11.6 Å². The second-order valence-corrected chi connectivity index (χ2v) is 5.15. The highest BCUT2D eigenvalue weighted by molar-refractivity contribution is 5.74. The molecule has 2 aromatic rings. The van der Waals surface area contributed by atoms with E-state index in [0.29, 0.717) is 0 Å². The lowest BCUT2D eigenvalue weighted by Crippen LogP contribution is -2.32. The van der Waals surface area contributed by atoms with Crippen LogP contribution in [0.1, 0.15) is 36.8 Å². The molecule has 5 nitrogen and oxygen atoms in total. The molecule has 0 saturated heterocycles. The Morgan fingerprint density at radius 1 is 1.43 bits per heavy atom. The number of hydrogen-bond acceptors (Lipinski definition) is 4. The SMILES string of the molecule is COc1ccc2c(c1)C(NC(C)=O)CC(c1ccco1)N2. The number of anilines is 1. The van der Waals surface area contributed by atoms with Gasteiger partial charge in [0, 0.05) is 18.2 Å². The number of furan rings is 1. The van der Waals surface area contributed by atoms with Crippen molar-refractivity contribution in [1.82, 2.24) is 5.32 Å². The van der Waals surface area contributed by atoms with Crippen LogP contribution < -0.4 is 15.4 Å². The minimum atomic E-state index is -0.0658. The highest BCUT2D eigenvalue weighted by Crippen LogP contribution is 2.40. The molecule has 1 aromatic heterocycles. The minimum absolute atomic E-state index is 0.0396. The fourth-order valence-electron chi connectivity index (χ4n) is 2.76. The molecule has 0 radical (unpaired) electrons. The van der Waals surface area contributed by atoms with Crippen molar-refractivity contribution in [3.8, 4) is 5.75 Å². The van der Waals surface area contributed by atoms with E-state index in [1.54, 1.807) is 13.4 Å². The van der Waals surface area contributed by atoms with Crippen molar-refractivity contribution in [3.05, 3.63) is 47.9 Å². The molecule has 0 aliphatic carbocycles. The predicted octanol–water partition coefficient (Wildman–Crippen LogP) is 3.02. The van der Waals surface area contributed by atoms with Gasteiger partial charge in [0.25, 0.3) is 0 Å². The van der Waals surface area contributed by atoms with Crippen molar-refractivity contribution < 1.29 is 13.9 Å². The van der Waals surface area contributed by atoms with E-state index < -0.39 is 0 Å². The summed E-state index contributed by atoms with van der Waals surface area (Å²) in [6.07, 6.45) is 2.39. The number of hydrogen-bond donors (Lipinski definition) is 2. The van der Waals surface area contributed by atoms with Crippen LogP contribution in [0.25, 0.3) is 0 Å². The third-order valence-corrected chi connectivity index (χ3v) is 3.70. The third kappa shape index (κ3) is 2.72. The molecule has 110 valence electrons. The number of ether oxygens (including phenoxy) is 1. The van der Waals surface area contributed by atoms with Crippen LogP contribution in [-0.2, 0) is 4.79 Å². The lowest BCUT2D eigenvalue weighted by molar-refractivity contribution is -0.119. The lowest BCUT2D eigenvalue weighted by Gasteiger charge is -2.32. The molecule has 2 heterocycles. The zero-order valence-electron chi connectivity index (χ0n) is 12.1. The van der Waals surface area contributed by atoms with Crippen molar-refractivity contribution in [2.24, 2.45) is 0 Å². The van der Waals surface area contributed by atoms with Gasteiger partial charge in [-0.15, -0.1) is 0 Å². The Bertz CT molecular complexity index is 637. The van der Waals surface area contributed by atoms with Crippen LogP contribution >= 0.6 is 0 Å². The molecule has 1 aromatic carbocycles. The van der Waals surface area contributed by atoms with Crippen LogP contribution in [0.4, 0.5) is 5.69 Å². The van der Waals surface area contributed by atoms with Crippen molar-refractivity contribution in [3.63, 3.8) is 0 Å². The number of amides is 1. The van der Waals surface area contributed by atoms with Gasteiger partial charge in [0.15, 0.2) is 0 Å². The number of carbonyl (C=O) groups is 1. The summed E-state index contributed by atoms with van der Waals surface area (Å²) in [5, 5.41) is 6.46. The fourth-order valence-corrected chi connectivity index (χ4v) is 2.76. The summed E-state index contributed by atoms with van der Waals surface area (Å²) in [6.45, 7) is 1.53.